The summed E-state index contributed by atoms with van der Waals surface area (Å²) < 4.78 is 1.04. The molecule has 0 aromatic carbocycles. The van der Waals surface area contributed by atoms with Gasteiger partial charge in [0.1, 0.15) is 5.01 Å². The van der Waals surface area contributed by atoms with E-state index >= 15 is 0 Å². The number of aliphatic hydroxyl groups is 1. The highest BCUT2D eigenvalue weighted by Gasteiger charge is 2.25. The smallest absolute Gasteiger partial charge is 0.110 e. The van der Waals surface area contributed by atoms with E-state index in [0.717, 1.165) is 21.6 Å². The van der Waals surface area contributed by atoms with Gasteiger partial charge in [-0.3, -0.25) is 0 Å². The molecule has 0 bridgehead atoms. The van der Waals surface area contributed by atoms with Crippen LogP contribution in [0, 0.1) is 0 Å². The second-order valence-corrected chi connectivity index (χ2v) is 6.78. The standard InChI is InChI=1S/C11H19BrN2OS/c1-4-5-11(3,7-15)14-8(2)10-13-6-9(12)16-10/h6,8,14-15H,4-5,7H2,1-3H3. The van der Waals surface area contributed by atoms with Crippen molar-refractivity contribution in [2.45, 2.75) is 45.2 Å². The summed E-state index contributed by atoms with van der Waals surface area (Å²) in [6.07, 6.45) is 3.83. The minimum atomic E-state index is -0.216. The molecule has 0 aliphatic rings. The number of hydrogen-bond donors (Lipinski definition) is 2. The van der Waals surface area contributed by atoms with Crippen LogP contribution in [0.3, 0.4) is 0 Å². The number of aliphatic hydroxyl groups excluding tert-OH is 1. The Morgan fingerprint density at radius 2 is 2.38 bits per heavy atom. The van der Waals surface area contributed by atoms with Crippen molar-refractivity contribution < 1.29 is 5.11 Å². The summed E-state index contributed by atoms with van der Waals surface area (Å²) in [5.74, 6) is 0. The first-order valence-electron chi connectivity index (χ1n) is 5.50. The van der Waals surface area contributed by atoms with Crippen LogP contribution in [0.4, 0.5) is 0 Å². The number of nitrogens with one attached hydrogen (secondary N) is 1. The fourth-order valence-electron chi connectivity index (χ4n) is 1.80. The van der Waals surface area contributed by atoms with Crippen molar-refractivity contribution in [1.82, 2.24) is 10.3 Å². The van der Waals surface area contributed by atoms with Crippen LogP contribution in [-0.4, -0.2) is 22.2 Å². The average Bonchev–Trinajstić information content (AvgIpc) is 2.65. The van der Waals surface area contributed by atoms with Crippen molar-refractivity contribution in [1.29, 1.82) is 0 Å². The van der Waals surface area contributed by atoms with E-state index in [1.54, 1.807) is 11.3 Å². The molecule has 0 aliphatic carbocycles. The lowest BCUT2D eigenvalue weighted by Gasteiger charge is -2.31. The van der Waals surface area contributed by atoms with Crippen LogP contribution in [0.1, 0.15) is 44.7 Å². The molecule has 3 nitrogen and oxygen atoms in total. The first-order chi connectivity index (χ1) is 7.50. The van der Waals surface area contributed by atoms with Crippen LogP contribution in [0.25, 0.3) is 0 Å². The van der Waals surface area contributed by atoms with Crippen LogP contribution >= 0.6 is 27.3 Å². The molecule has 0 saturated heterocycles. The van der Waals surface area contributed by atoms with Crippen molar-refractivity contribution >= 4 is 27.3 Å². The summed E-state index contributed by atoms with van der Waals surface area (Å²) in [4.78, 5) is 4.32. The normalized spacial score (nSPS) is 17.1. The minimum Gasteiger partial charge on any atom is -0.394 e. The zero-order chi connectivity index (χ0) is 12.2. The maximum absolute atomic E-state index is 9.43. The van der Waals surface area contributed by atoms with Gasteiger partial charge in [-0.1, -0.05) is 13.3 Å². The SMILES string of the molecule is CCCC(C)(CO)NC(C)c1ncc(Br)s1. The minimum absolute atomic E-state index is 0.151. The van der Waals surface area contributed by atoms with E-state index in [0.29, 0.717) is 0 Å². The molecule has 0 radical (unpaired) electrons. The summed E-state index contributed by atoms with van der Waals surface area (Å²) in [6, 6.07) is 0.167. The zero-order valence-electron chi connectivity index (χ0n) is 9.96. The van der Waals surface area contributed by atoms with Gasteiger partial charge < -0.3 is 10.4 Å². The van der Waals surface area contributed by atoms with Crippen molar-refractivity contribution in [3.8, 4) is 0 Å². The predicted octanol–water partition coefficient (Wildman–Crippen LogP) is 3.11. The van der Waals surface area contributed by atoms with E-state index in [4.69, 9.17) is 0 Å². The van der Waals surface area contributed by atoms with E-state index in [9.17, 15) is 5.11 Å². The van der Waals surface area contributed by atoms with Crippen LogP contribution in [0.5, 0.6) is 0 Å². The van der Waals surface area contributed by atoms with Gasteiger partial charge in [-0.05, 0) is 36.2 Å². The molecule has 1 aromatic heterocycles. The summed E-state index contributed by atoms with van der Waals surface area (Å²) >= 11 is 5.03. The second kappa shape index (κ2) is 6.10. The van der Waals surface area contributed by atoms with Crippen molar-refractivity contribution in [3.63, 3.8) is 0 Å². The van der Waals surface area contributed by atoms with Gasteiger partial charge in [0.25, 0.3) is 0 Å². The van der Waals surface area contributed by atoms with Gasteiger partial charge in [-0.2, -0.15) is 0 Å². The Balaban J connectivity index is 2.65. The molecule has 0 amide bonds. The topological polar surface area (TPSA) is 45.1 Å². The number of thiazole rings is 1. The molecule has 2 unspecified atom stereocenters. The van der Waals surface area contributed by atoms with Crippen LogP contribution < -0.4 is 5.32 Å². The largest absolute Gasteiger partial charge is 0.394 e. The summed E-state index contributed by atoms with van der Waals surface area (Å²) in [5, 5.41) is 13.9. The highest BCUT2D eigenvalue weighted by Crippen LogP contribution is 2.26. The third kappa shape index (κ3) is 3.80. The Kier molecular flexibility index (Phi) is 5.37. The molecule has 16 heavy (non-hydrogen) atoms. The molecule has 2 atom stereocenters. The molecule has 92 valence electrons. The summed E-state index contributed by atoms with van der Waals surface area (Å²) in [6.45, 7) is 6.41. The number of aromatic nitrogens is 1. The van der Waals surface area contributed by atoms with Gasteiger partial charge in [0.15, 0.2) is 0 Å². The monoisotopic (exact) mass is 306 g/mol. The maximum Gasteiger partial charge on any atom is 0.110 e. The maximum atomic E-state index is 9.43. The molecular weight excluding hydrogens is 288 g/mol. The average molecular weight is 307 g/mol. The van der Waals surface area contributed by atoms with Crippen molar-refractivity contribution in [2.75, 3.05) is 6.61 Å². The summed E-state index contributed by atoms with van der Waals surface area (Å²) in [5.41, 5.74) is -0.216. The van der Waals surface area contributed by atoms with Crippen LogP contribution in [0.15, 0.2) is 9.98 Å². The number of nitrogens with zero attached hydrogens (tertiary/aromatic N) is 1. The fourth-order valence-corrected chi connectivity index (χ4v) is 3.05. The molecule has 1 aromatic rings. The molecule has 0 aliphatic heterocycles. The number of halogens is 1. The Morgan fingerprint density at radius 1 is 1.69 bits per heavy atom. The van der Waals surface area contributed by atoms with Crippen LogP contribution in [0.2, 0.25) is 0 Å². The van der Waals surface area contributed by atoms with Gasteiger partial charge in [0, 0.05) is 5.54 Å². The Labute approximate surface area is 109 Å². The van der Waals surface area contributed by atoms with E-state index in [-0.39, 0.29) is 18.2 Å². The quantitative estimate of drug-likeness (QED) is 0.849. The molecule has 0 spiro atoms. The first-order valence-corrected chi connectivity index (χ1v) is 7.11. The van der Waals surface area contributed by atoms with Crippen molar-refractivity contribution in [3.05, 3.63) is 15.0 Å². The molecular formula is C11H19BrN2OS. The lowest BCUT2D eigenvalue weighted by molar-refractivity contribution is 0.154. The molecule has 0 saturated carbocycles. The van der Waals surface area contributed by atoms with Crippen molar-refractivity contribution in [2.24, 2.45) is 0 Å². The predicted molar refractivity (Wildman–Crippen MR) is 71.8 cm³/mol. The lowest BCUT2D eigenvalue weighted by atomic mass is 9.96. The van der Waals surface area contributed by atoms with E-state index < -0.39 is 0 Å². The van der Waals surface area contributed by atoms with Crippen LogP contribution in [-0.2, 0) is 0 Å². The molecule has 5 heteroatoms. The summed E-state index contributed by atoms with van der Waals surface area (Å²) in [7, 11) is 0. The van der Waals surface area contributed by atoms with Gasteiger partial charge in [0.2, 0.25) is 0 Å². The third-order valence-electron chi connectivity index (χ3n) is 2.58. The fraction of sp³-hybridized carbons (Fsp3) is 0.727. The van der Waals surface area contributed by atoms with E-state index in [2.05, 4.69) is 47.0 Å². The third-order valence-corrected chi connectivity index (χ3v) is 4.24. The zero-order valence-corrected chi connectivity index (χ0v) is 12.4. The van der Waals surface area contributed by atoms with Gasteiger partial charge >= 0.3 is 0 Å². The highest BCUT2D eigenvalue weighted by molar-refractivity contribution is 9.11. The van der Waals surface area contributed by atoms with Gasteiger partial charge in [-0.25, -0.2) is 4.98 Å². The molecule has 2 N–H and O–H groups in total. The second-order valence-electron chi connectivity index (χ2n) is 4.34. The lowest BCUT2D eigenvalue weighted by Crippen LogP contribution is -2.46. The van der Waals surface area contributed by atoms with E-state index in [1.807, 2.05) is 6.20 Å². The Bertz CT molecular complexity index is 332. The van der Waals surface area contributed by atoms with Gasteiger partial charge in [0.05, 0.1) is 22.6 Å². The van der Waals surface area contributed by atoms with Gasteiger partial charge in [-0.15, -0.1) is 11.3 Å². The molecule has 1 rings (SSSR count). The Morgan fingerprint density at radius 3 is 2.81 bits per heavy atom. The number of rotatable bonds is 6. The Hall–Kier alpha value is 0.0300. The first kappa shape index (κ1) is 14.1. The van der Waals surface area contributed by atoms with E-state index in [1.165, 1.54) is 0 Å². The number of hydrogen-bond acceptors (Lipinski definition) is 4. The molecule has 1 heterocycles. The highest BCUT2D eigenvalue weighted by atomic mass is 79.9. The molecule has 0 fully saturated rings.